The molecule has 0 saturated heterocycles. The second kappa shape index (κ2) is 6.18. The van der Waals surface area contributed by atoms with Crippen LogP contribution in [0.2, 0.25) is 0 Å². The van der Waals surface area contributed by atoms with Gasteiger partial charge in [-0.05, 0) is 13.3 Å². The SMILES string of the molecule is CCOC(=O)c1nc2c(s1)CCNCC2.Cl. The van der Waals surface area contributed by atoms with Crippen LogP contribution >= 0.6 is 23.7 Å². The van der Waals surface area contributed by atoms with Crippen LogP contribution in [0, 0.1) is 0 Å². The van der Waals surface area contributed by atoms with Gasteiger partial charge in [0.15, 0.2) is 0 Å². The highest BCUT2D eigenvalue weighted by Crippen LogP contribution is 2.21. The summed E-state index contributed by atoms with van der Waals surface area (Å²) in [6.45, 7) is 4.13. The van der Waals surface area contributed by atoms with E-state index in [4.69, 9.17) is 4.74 Å². The molecule has 90 valence electrons. The molecule has 0 amide bonds. The molecule has 1 N–H and O–H groups in total. The molecule has 0 atom stereocenters. The van der Waals surface area contributed by atoms with Crippen molar-refractivity contribution >= 4 is 29.7 Å². The highest BCUT2D eigenvalue weighted by Gasteiger charge is 2.18. The third-order valence-electron chi connectivity index (χ3n) is 2.30. The Morgan fingerprint density at radius 3 is 3.00 bits per heavy atom. The minimum atomic E-state index is -0.288. The van der Waals surface area contributed by atoms with Crippen molar-refractivity contribution in [2.24, 2.45) is 0 Å². The molecule has 2 heterocycles. The van der Waals surface area contributed by atoms with Crippen molar-refractivity contribution in [2.45, 2.75) is 19.8 Å². The molecule has 4 nitrogen and oxygen atoms in total. The molecule has 2 rings (SSSR count). The van der Waals surface area contributed by atoms with Crippen molar-refractivity contribution in [3.63, 3.8) is 0 Å². The predicted octanol–water partition coefficient (Wildman–Crippen LogP) is 1.43. The summed E-state index contributed by atoms with van der Waals surface area (Å²) < 4.78 is 4.93. The number of nitrogens with one attached hydrogen (secondary N) is 1. The number of nitrogens with zero attached hydrogens (tertiary/aromatic N) is 1. The van der Waals surface area contributed by atoms with Crippen LogP contribution in [0.25, 0.3) is 0 Å². The van der Waals surface area contributed by atoms with E-state index in [1.54, 1.807) is 6.92 Å². The standard InChI is InChI=1S/C10H14N2O2S.ClH/c1-2-14-10(13)9-12-7-3-5-11-6-4-8(7)15-9;/h11H,2-6H2,1H3;1H. The molecule has 1 aromatic rings. The fourth-order valence-corrected chi connectivity index (χ4v) is 2.59. The lowest BCUT2D eigenvalue weighted by Gasteiger charge is -1.97. The van der Waals surface area contributed by atoms with Gasteiger partial charge in [0.25, 0.3) is 0 Å². The minimum Gasteiger partial charge on any atom is -0.461 e. The highest BCUT2D eigenvalue weighted by molar-refractivity contribution is 7.13. The number of carbonyl (C=O) groups is 1. The third kappa shape index (κ3) is 2.93. The largest absolute Gasteiger partial charge is 0.461 e. The van der Waals surface area contributed by atoms with Crippen LogP contribution in [0.15, 0.2) is 0 Å². The van der Waals surface area contributed by atoms with E-state index in [1.165, 1.54) is 16.2 Å². The van der Waals surface area contributed by atoms with Gasteiger partial charge in [-0.25, -0.2) is 9.78 Å². The summed E-state index contributed by atoms with van der Waals surface area (Å²) in [7, 11) is 0. The van der Waals surface area contributed by atoms with Crippen molar-refractivity contribution in [1.82, 2.24) is 10.3 Å². The molecule has 0 spiro atoms. The Morgan fingerprint density at radius 2 is 2.25 bits per heavy atom. The molecule has 0 saturated carbocycles. The quantitative estimate of drug-likeness (QED) is 0.820. The zero-order valence-electron chi connectivity index (χ0n) is 9.12. The molecule has 0 unspecified atom stereocenters. The average molecular weight is 263 g/mol. The Kier molecular flexibility index (Phi) is 5.18. The van der Waals surface area contributed by atoms with Crippen LogP contribution in [0.3, 0.4) is 0 Å². The lowest BCUT2D eigenvalue weighted by molar-refractivity contribution is 0.0525. The first-order chi connectivity index (χ1) is 7.31. The molecule has 16 heavy (non-hydrogen) atoms. The van der Waals surface area contributed by atoms with Gasteiger partial charge in [-0.2, -0.15) is 0 Å². The van der Waals surface area contributed by atoms with E-state index < -0.39 is 0 Å². The monoisotopic (exact) mass is 262 g/mol. The molecule has 0 bridgehead atoms. The Balaban J connectivity index is 0.00000128. The highest BCUT2D eigenvalue weighted by atomic mass is 35.5. The second-order valence-corrected chi connectivity index (χ2v) is 4.44. The van der Waals surface area contributed by atoms with Crippen molar-refractivity contribution in [1.29, 1.82) is 0 Å². The molecule has 1 aromatic heterocycles. The van der Waals surface area contributed by atoms with E-state index in [-0.39, 0.29) is 18.4 Å². The molecular formula is C10H15ClN2O2S. The van der Waals surface area contributed by atoms with Crippen molar-refractivity contribution in [3.05, 3.63) is 15.6 Å². The number of ether oxygens (including phenoxy) is 1. The van der Waals surface area contributed by atoms with Crippen molar-refractivity contribution in [2.75, 3.05) is 19.7 Å². The van der Waals surface area contributed by atoms with E-state index in [0.29, 0.717) is 11.6 Å². The van der Waals surface area contributed by atoms with E-state index in [9.17, 15) is 4.79 Å². The van der Waals surface area contributed by atoms with Crippen LogP contribution in [-0.4, -0.2) is 30.6 Å². The number of carbonyl (C=O) groups excluding carboxylic acids is 1. The van der Waals surface area contributed by atoms with Crippen LogP contribution < -0.4 is 5.32 Å². The van der Waals surface area contributed by atoms with Gasteiger partial charge in [-0.3, -0.25) is 0 Å². The maximum absolute atomic E-state index is 11.5. The molecule has 0 radical (unpaired) electrons. The Labute approximate surface area is 105 Å². The number of esters is 1. The number of hydrogen-bond donors (Lipinski definition) is 1. The van der Waals surface area contributed by atoms with Crippen LogP contribution in [-0.2, 0) is 17.6 Å². The summed E-state index contributed by atoms with van der Waals surface area (Å²) in [6, 6.07) is 0. The summed E-state index contributed by atoms with van der Waals surface area (Å²) >= 11 is 1.47. The maximum Gasteiger partial charge on any atom is 0.367 e. The zero-order chi connectivity index (χ0) is 10.7. The van der Waals surface area contributed by atoms with Gasteiger partial charge in [0.05, 0.1) is 12.3 Å². The first-order valence-electron chi connectivity index (χ1n) is 5.17. The van der Waals surface area contributed by atoms with Gasteiger partial charge in [0, 0.05) is 24.4 Å². The van der Waals surface area contributed by atoms with E-state index in [2.05, 4.69) is 10.3 Å². The summed E-state index contributed by atoms with van der Waals surface area (Å²) in [6.07, 6.45) is 1.87. The summed E-state index contributed by atoms with van der Waals surface area (Å²) in [5.41, 5.74) is 1.06. The number of rotatable bonds is 2. The van der Waals surface area contributed by atoms with E-state index in [0.717, 1.165) is 31.6 Å². The van der Waals surface area contributed by atoms with Crippen LogP contribution in [0.4, 0.5) is 0 Å². The van der Waals surface area contributed by atoms with E-state index >= 15 is 0 Å². The Morgan fingerprint density at radius 1 is 1.50 bits per heavy atom. The molecule has 1 aliphatic heterocycles. The Bertz CT molecular complexity index is 344. The molecule has 0 aromatic carbocycles. The first-order valence-corrected chi connectivity index (χ1v) is 5.99. The number of hydrogen-bond acceptors (Lipinski definition) is 5. The smallest absolute Gasteiger partial charge is 0.367 e. The third-order valence-corrected chi connectivity index (χ3v) is 3.43. The maximum atomic E-state index is 11.5. The summed E-state index contributed by atoms with van der Waals surface area (Å²) in [5.74, 6) is -0.288. The molecule has 0 aliphatic carbocycles. The first kappa shape index (κ1) is 13.4. The molecule has 0 fully saturated rings. The lowest BCUT2D eigenvalue weighted by atomic mass is 10.2. The van der Waals surface area contributed by atoms with Gasteiger partial charge in [-0.15, -0.1) is 23.7 Å². The van der Waals surface area contributed by atoms with Crippen molar-refractivity contribution in [3.8, 4) is 0 Å². The summed E-state index contributed by atoms with van der Waals surface area (Å²) in [4.78, 5) is 17.0. The Hall–Kier alpha value is -0.650. The topological polar surface area (TPSA) is 51.2 Å². The van der Waals surface area contributed by atoms with Gasteiger partial charge >= 0.3 is 5.97 Å². The minimum absolute atomic E-state index is 0. The zero-order valence-corrected chi connectivity index (χ0v) is 10.7. The second-order valence-electron chi connectivity index (χ2n) is 3.36. The van der Waals surface area contributed by atoms with Crippen LogP contribution in [0.5, 0.6) is 0 Å². The number of thiazole rings is 1. The van der Waals surface area contributed by atoms with Crippen LogP contribution in [0.1, 0.15) is 27.3 Å². The lowest BCUT2D eigenvalue weighted by Crippen LogP contribution is -2.16. The normalized spacial score (nSPS) is 14.6. The fraction of sp³-hybridized carbons (Fsp3) is 0.600. The van der Waals surface area contributed by atoms with Gasteiger partial charge in [0.1, 0.15) is 0 Å². The van der Waals surface area contributed by atoms with Gasteiger partial charge < -0.3 is 10.1 Å². The predicted molar refractivity (Wildman–Crippen MR) is 65.6 cm³/mol. The number of halogens is 1. The fourth-order valence-electron chi connectivity index (χ4n) is 1.59. The number of aromatic nitrogens is 1. The van der Waals surface area contributed by atoms with Crippen molar-refractivity contribution < 1.29 is 9.53 Å². The van der Waals surface area contributed by atoms with Gasteiger partial charge in [-0.1, -0.05) is 0 Å². The molecular weight excluding hydrogens is 248 g/mol. The molecule has 6 heteroatoms. The van der Waals surface area contributed by atoms with E-state index in [1.807, 2.05) is 0 Å². The number of fused-ring (bicyclic) bond motifs is 1. The van der Waals surface area contributed by atoms with Gasteiger partial charge in [0.2, 0.25) is 5.01 Å². The average Bonchev–Trinajstić information content (AvgIpc) is 2.51. The molecule has 1 aliphatic rings. The summed E-state index contributed by atoms with van der Waals surface area (Å²) in [5, 5.41) is 3.81.